The summed E-state index contributed by atoms with van der Waals surface area (Å²) in [5.41, 5.74) is 7.02. The SMILES string of the molecule is CC(c1nc(-c2cccs2)no1)N1CCN(C(=O)c2cccc(N)c2)CC1. The molecule has 1 aliphatic heterocycles. The van der Waals surface area contributed by atoms with Crippen LogP contribution in [0.4, 0.5) is 5.69 Å². The van der Waals surface area contributed by atoms with E-state index >= 15 is 0 Å². The van der Waals surface area contributed by atoms with Crippen molar-refractivity contribution in [2.24, 2.45) is 0 Å². The van der Waals surface area contributed by atoms with Gasteiger partial charge in [-0.3, -0.25) is 9.69 Å². The highest BCUT2D eigenvalue weighted by Crippen LogP contribution is 2.26. The van der Waals surface area contributed by atoms with Crippen molar-refractivity contribution in [3.8, 4) is 10.7 Å². The molecule has 27 heavy (non-hydrogen) atoms. The minimum Gasteiger partial charge on any atom is -0.399 e. The Balaban J connectivity index is 1.38. The molecule has 0 saturated carbocycles. The van der Waals surface area contributed by atoms with E-state index < -0.39 is 0 Å². The Morgan fingerprint density at radius 1 is 1.22 bits per heavy atom. The van der Waals surface area contributed by atoms with Gasteiger partial charge in [0.05, 0.1) is 10.9 Å². The zero-order valence-corrected chi connectivity index (χ0v) is 15.9. The lowest BCUT2D eigenvalue weighted by molar-refractivity contribution is 0.0551. The second-order valence-electron chi connectivity index (χ2n) is 6.56. The van der Waals surface area contributed by atoms with Crippen molar-refractivity contribution in [3.63, 3.8) is 0 Å². The fourth-order valence-corrected chi connectivity index (χ4v) is 3.88. The van der Waals surface area contributed by atoms with Gasteiger partial charge in [-0.15, -0.1) is 11.3 Å². The number of benzene rings is 1. The lowest BCUT2D eigenvalue weighted by Crippen LogP contribution is -2.49. The van der Waals surface area contributed by atoms with Crippen LogP contribution in [0.5, 0.6) is 0 Å². The fraction of sp³-hybridized carbons (Fsp3) is 0.316. The molecule has 0 aliphatic carbocycles. The molecule has 1 amide bonds. The third-order valence-corrected chi connectivity index (χ3v) is 5.69. The maximum Gasteiger partial charge on any atom is 0.254 e. The number of anilines is 1. The quantitative estimate of drug-likeness (QED) is 0.697. The van der Waals surface area contributed by atoms with Crippen LogP contribution in [0.3, 0.4) is 0 Å². The summed E-state index contributed by atoms with van der Waals surface area (Å²) in [5.74, 6) is 1.25. The van der Waals surface area contributed by atoms with Crippen molar-refractivity contribution in [3.05, 3.63) is 53.2 Å². The highest BCUT2D eigenvalue weighted by Gasteiger charge is 2.28. The first-order valence-electron chi connectivity index (χ1n) is 8.88. The molecule has 2 N–H and O–H groups in total. The number of aromatic nitrogens is 2. The summed E-state index contributed by atoms with van der Waals surface area (Å²) in [7, 11) is 0. The van der Waals surface area contributed by atoms with Gasteiger partial charge in [-0.2, -0.15) is 4.98 Å². The first kappa shape index (κ1) is 17.7. The molecule has 140 valence electrons. The van der Waals surface area contributed by atoms with Gasteiger partial charge in [-0.1, -0.05) is 17.3 Å². The van der Waals surface area contributed by atoms with Crippen molar-refractivity contribution in [1.82, 2.24) is 19.9 Å². The van der Waals surface area contributed by atoms with Crippen molar-refractivity contribution in [1.29, 1.82) is 0 Å². The summed E-state index contributed by atoms with van der Waals surface area (Å²) < 4.78 is 5.47. The highest BCUT2D eigenvalue weighted by molar-refractivity contribution is 7.13. The predicted octanol–water partition coefficient (Wildman–Crippen LogP) is 2.90. The van der Waals surface area contributed by atoms with Crippen LogP contribution in [0.15, 0.2) is 46.3 Å². The van der Waals surface area contributed by atoms with E-state index in [-0.39, 0.29) is 11.9 Å². The second-order valence-corrected chi connectivity index (χ2v) is 7.51. The Hall–Kier alpha value is -2.71. The molecule has 1 fully saturated rings. The number of nitrogens with zero attached hydrogens (tertiary/aromatic N) is 4. The van der Waals surface area contributed by atoms with Crippen LogP contribution in [-0.2, 0) is 0 Å². The first-order valence-corrected chi connectivity index (χ1v) is 9.76. The molecule has 2 aromatic heterocycles. The standard InChI is InChI=1S/C19H21N5O2S/c1-13(18-21-17(22-26-18)16-6-3-11-27-16)23-7-9-24(10-8-23)19(25)14-4-2-5-15(20)12-14/h2-6,11-13H,7-10,20H2,1H3. The molecule has 1 aliphatic rings. The number of rotatable bonds is 4. The van der Waals surface area contributed by atoms with Gasteiger partial charge in [0.2, 0.25) is 11.7 Å². The van der Waals surface area contributed by atoms with Gasteiger partial charge in [0.1, 0.15) is 0 Å². The van der Waals surface area contributed by atoms with Crippen LogP contribution < -0.4 is 5.73 Å². The van der Waals surface area contributed by atoms with E-state index in [1.165, 1.54) is 0 Å². The number of amides is 1. The number of carbonyl (C=O) groups is 1. The summed E-state index contributed by atoms with van der Waals surface area (Å²) in [6.07, 6.45) is 0. The van der Waals surface area contributed by atoms with E-state index in [0.29, 0.717) is 36.1 Å². The van der Waals surface area contributed by atoms with Gasteiger partial charge in [0.25, 0.3) is 5.91 Å². The van der Waals surface area contributed by atoms with Crippen LogP contribution in [0.25, 0.3) is 10.7 Å². The van der Waals surface area contributed by atoms with Crippen LogP contribution in [0.2, 0.25) is 0 Å². The van der Waals surface area contributed by atoms with Crippen molar-refractivity contribution in [2.75, 3.05) is 31.9 Å². The average Bonchev–Trinajstić information content (AvgIpc) is 3.38. The zero-order valence-electron chi connectivity index (χ0n) is 15.0. The van der Waals surface area contributed by atoms with Gasteiger partial charge in [0, 0.05) is 37.4 Å². The van der Waals surface area contributed by atoms with E-state index in [4.69, 9.17) is 10.3 Å². The van der Waals surface area contributed by atoms with Crippen LogP contribution in [0.1, 0.15) is 29.2 Å². The molecule has 0 bridgehead atoms. The Kier molecular flexibility index (Phi) is 4.91. The number of nitrogen functional groups attached to an aromatic ring is 1. The first-order chi connectivity index (χ1) is 13.1. The molecule has 4 rings (SSSR count). The largest absolute Gasteiger partial charge is 0.399 e. The van der Waals surface area contributed by atoms with Gasteiger partial charge < -0.3 is 15.2 Å². The predicted molar refractivity (Wildman–Crippen MR) is 104 cm³/mol. The average molecular weight is 383 g/mol. The minimum atomic E-state index is 0.0100. The molecule has 3 heterocycles. The van der Waals surface area contributed by atoms with Crippen LogP contribution >= 0.6 is 11.3 Å². The molecule has 1 aromatic carbocycles. The van der Waals surface area contributed by atoms with E-state index in [1.54, 1.807) is 29.5 Å². The van der Waals surface area contributed by atoms with E-state index in [2.05, 4.69) is 22.0 Å². The molecule has 1 saturated heterocycles. The lowest BCUT2D eigenvalue weighted by atomic mass is 10.1. The smallest absolute Gasteiger partial charge is 0.254 e. The maximum atomic E-state index is 12.6. The molecule has 3 aromatic rings. The second kappa shape index (κ2) is 7.50. The van der Waals surface area contributed by atoms with Crippen LogP contribution in [0, 0.1) is 0 Å². The molecular weight excluding hydrogens is 362 g/mol. The van der Waals surface area contributed by atoms with Gasteiger partial charge in [-0.05, 0) is 36.6 Å². The Bertz CT molecular complexity index is 916. The lowest BCUT2D eigenvalue weighted by Gasteiger charge is -2.36. The number of hydrogen-bond acceptors (Lipinski definition) is 7. The van der Waals surface area contributed by atoms with Gasteiger partial charge >= 0.3 is 0 Å². The van der Waals surface area contributed by atoms with Crippen LogP contribution in [-0.4, -0.2) is 52.0 Å². The number of carbonyl (C=O) groups excluding carboxylic acids is 1. The molecular formula is C19H21N5O2S. The number of nitrogens with two attached hydrogens (primary N) is 1. The van der Waals surface area contributed by atoms with Crippen molar-refractivity contribution < 1.29 is 9.32 Å². The number of piperazine rings is 1. The van der Waals surface area contributed by atoms with Crippen molar-refractivity contribution in [2.45, 2.75) is 13.0 Å². The Labute approximate surface area is 161 Å². The normalized spacial score (nSPS) is 16.4. The molecule has 1 atom stereocenters. The summed E-state index contributed by atoms with van der Waals surface area (Å²) in [6.45, 7) is 4.88. The topological polar surface area (TPSA) is 88.5 Å². The molecule has 0 radical (unpaired) electrons. The highest BCUT2D eigenvalue weighted by atomic mass is 32.1. The van der Waals surface area contributed by atoms with E-state index in [1.807, 2.05) is 28.5 Å². The Morgan fingerprint density at radius 3 is 2.74 bits per heavy atom. The maximum absolute atomic E-state index is 12.6. The zero-order chi connectivity index (χ0) is 18.8. The fourth-order valence-electron chi connectivity index (χ4n) is 3.23. The van der Waals surface area contributed by atoms with Gasteiger partial charge in [0.15, 0.2) is 0 Å². The van der Waals surface area contributed by atoms with Gasteiger partial charge in [-0.25, -0.2) is 0 Å². The number of thiophene rings is 1. The minimum absolute atomic E-state index is 0.0100. The molecule has 0 spiro atoms. The summed E-state index contributed by atoms with van der Waals surface area (Å²) in [6, 6.07) is 11.1. The summed E-state index contributed by atoms with van der Waals surface area (Å²) >= 11 is 1.59. The monoisotopic (exact) mass is 383 g/mol. The molecule has 1 unspecified atom stereocenters. The third-order valence-electron chi connectivity index (χ3n) is 4.82. The van der Waals surface area contributed by atoms with E-state index in [9.17, 15) is 4.79 Å². The summed E-state index contributed by atoms with van der Waals surface area (Å²) in [4.78, 5) is 22.3. The third kappa shape index (κ3) is 3.72. The van der Waals surface area contributed by atoms with Crippen molar-refractivity contribution >= 4 is 22.9 Å². The van der Waals surface area contributed by atoms with E-state index in [0.717, 1.165) is 18.0 Å². The molecule has 7 nitrogen and oxygen atoms in total. The number of hydrogen-bond donors (Lipinski definition) is 1. The Morgan fingerprint density at radius 2 is 2.04 bits per heavy atom. The molecule has 8 heteroatoms. The summed E-state index contributed by atoms with van der Waals surface area (Å²) in [5, 5.41) is 6.08.